The molecule has 0 atom stereocenters. The lowest BCUT2D eigenvalue weighted by molar-refractivity contribution is -0.158. The van der Waals surface area contributed by atoms with Crippen molar-refractivity contribution in [2.45, 2.75) is 105 Å². The molecule has 1 amide bonds. The van der Waals surface area contributed by atoms with Crippen LogP contribution < -0.4 is 5.32 Å². The molecule has 48 heavy (non-hydrogen) atoms. The van der Waals surface area contributed by atoms with Crippen molar-refractivity contribution >= 4 is 29.8 Å². The van der Waals surface area contributed by atoms with E-state index in [0.717, 1.165) is 0 Å². The Morgan fingerprint density at radius 3 is 1.12 bits per heavy atom. The Morgan fingerprint density at radius 2 is 0.833 bits per heavy atom. The van der Waals surface area contributed by atoms with Gasteiger partial charge in [-0.05, 0) is 75.2 Å². The van der Waals surface area contributed by atoms with Gasteiger partial charge in [0.1, 0.15) is 16.8 Å². The monoisotopic (exact) mass is 685 g/mol. The Morgan fingerprint density at radius 1 is 0.521 bits per heavy atom. The fourth-order valence-corrected chi connectivity index (χ4v) is 4.94. The summed E-state index contributed by atoms with van der Waals surface area (Å²) < 4.78 is 16.8. The van der Waals surface area contributed by atoms with Gasteiger partial charge in [-0.1, -0.05) is 6.42 Å². The van der Waals surface area contributed by atoms with Crippen LogP contribution in [0.25, 0.3) is 0 Å². The standard InChI is InChI=1S/C34H63N5O9/c1-32(2,3)46-29(43)24-37-17-15-36(23-27(40)35-14-12-10-11-13-28(41)42)16-18-38(25-30(44)47-33(4,5)6)20-22-39(21-19-37)26-31(45)48-34(7,8)9/h10-26H2,1-9H3,(H,35,40)(H,41,42). The third kappa shape index (κ3) is 23.5. The molecule has 14 heteroatoms. The van der Waals surface area contributed by atoms with E-state index in [2.05, 4.69) is 5.32 Å². The molecule has 0 saturated carbocycles. The fourth-order valence-electron chi connectivity index (χ4n) is 4.94. The molecule has 1 aliphatic rings. The van der Waals surface area contributed by atoms with Gasteiger partial charge in [0.15, 0.2) is 0 Å². The summed E-state index contributed by atoms with van der Waals surface area (Å²) in [6.45, 7) is 20.8. The van der Waals surface area contributed by atoms with Gasteiger partial charge in [-0.3, -0.25) is 43.6 Å². The molecule has 0 unspecified atom stereocenters. The summed E-state index contributed by atoms with van der Waals surface area (Å²) in [6.07, 6.45) is 2.07. The first-order valence-electron chi connectivity index (χ1n) is 17.1. The average molecular weight is 686 g/mol. The lowest BCUT2D eigenvalue weighted by Gasteiger charge is -2.34. The molecule has 1 heterocycles. The quantitative estimate of drug-likeness (QED) is 0.156. The van der Waals surface area contributed by atoms with Crippen LogP contribution in [0.5, 0.6) is 0 Å². The van der Waals surface area contributed by atoms with E-state index in [-0.39, 0.29) is 56.4 Å². The molecule has 0 aromatic heterocycles. The number of amides is 1. The van der Waals surface area contributed by atoms with Gasteiger partial charge in [0.25, 0.3) is 0 Å². The first kappa shape index (κ1) is 43.2. The van der Waals surface area contributed by atoms with E-state index in [9.17, 15) is 24.0 Å². The summed E-state index contributed by atoms with van der Waals surface area (Å²) in [6, 6.07) is 0. The minimum atomic E-state index is -0.827. The summed E-state index contributed by atoms with van der Waals surface area (Å²) >= 11 is 0. The van der Waals surface area contributed by atoms with E-state index >= 15 is 0 Å². The van der Waals surface area contributed by atoms with Crippen molar-refractivity contribution in [1.82, 2.24) is 24.9 Å². The topological polar surface area (TPSA) is 158 Å². The molecule has 1 aliphatic heterocycles. The molecule has 0 aromatic carbocycles. The molecule has 1 saturated heterocycles. The third-order valence-electron chi connectivity index (χ3n) is 7.00. The smallest absolute Gasteiger partial charge is 0.320 e. The van der Waals surface area contributed by atoms with Crippen LogP contribution in [-0.2, 0) is 38.2 Å². The van der Waals surface area contributed by atoms with E-state index in [4.69, 9.17) is 19.3 Å². The number of nitrogens with zero attached hydrogens (tertiary/aromatic N) is 4. The number of carboxylic acids is 1. The van der Waals surface area contributed by atoms with Crippen LogP contribution in [0.1, 0.15) is 88.0 Å². The van der Waals surface area contributed by atoms with Gasteiger partial charge in [-0.2, -0.15) is 0 Å². The molecule has 2 N–H and O–H groups in total. The van der Waals surface area contributed by atoms with Crippen LogP contribution in [0.2, 0.25) is 0 Å². The second kappa shape index (κ2) is 20.6. The average Bonchev–Trinajstić information content (AvgIpc) is 2.88. The Bertz CT molecular complexity index is 987. The number of unbranched alkanes of at least 4 members (excludes halogenated alkanes) is 2. The van der Waals surface area contributed by atoms with Crippen LogP contribution in [0, 0.1) is 0 Å². The van der Waals surface area contributed by atoms with Gasteiger partial charge in [0.05, 0.1) is 26.2 Å². The molecule has 1 rings (SSSR count). The van der Waals surface area contributed by atoms with Crippen molar-refractivity contribution < 1.29 is 43.3 Å². The number of rotatable bonds is 14. The third-order valence-corrected chi connectivity index (χ3v) is 7.00. The van der Waals surface area contributed by atoms with Crippen LogP contribution in [0.15, 0.2) is 0 Å². The van der Waals surface area contributed by atoms with E-state index in [0.29, 0.717) is 78.2 Å². The van der Waals surface area contributed by atoms with Crippen LogP contribution >= 0.6 is 0 Å². The van der Waals surface area contributed by atoms with Gasteiger partial charge < -0.3 is 24.6 Å². The molecule has 0 spiro atoms. The Kier molecular flexibility index (Phi) is 18.6. The van der Waals surface area contributed by atoms with Crippen molar-refractivity contribution in [2.75, 3.05) is 85.1 Å². The predicted molar refractivity (Wildman–Crippen MR) is 182 cm³/mol. The van der Waals surface area contributed by atoms with Crippen molar-refractivity contribution in [3.05, 3.63) is 0 Å². The molecule has 0 aliphatic carbocycles. The van der Waals surface area contributed by atoms with Gasteiger partial charge in [-0.15, -0.1) is 0 Å². The zero-order valence-corrected chi connectivity index (χ0v) is 31.0. The summed E-state index contributed by atoms with van der Waals surface area (Å²) in [5.41, 5.74) is -1.91. The lowest BCUT2D eigenvalue weighted by atomic mass is 10.2. The van der Waals surface area contributed by atoms with E-state index < -0.39 is 22.8 Å². The maximum absolute atomic E-state index is 12.9. The molecule has 0 radical (unpaired) electrons. The maximum Gasteiger partial charge on any atom is 0.320 e. The first-order chi connectivity index (χ1) is 22.1. The van der Waals surface area contributed by atoms with E-state index in [1.54, 1.807) is 0 Å². The van der Waals surface area contributed by atoms with Gasteiger partial charge in [0.2, 0.25) is 5.91 Å². The van der Waals surface area contributed by atoms with Crippen molar-refractivity contribution in [1.29, 1.82) is 0 Å². The van der Waals surface area contributed by atoms with Gasteiger partial charge >= 0.3 is 23.9 Å². The first-order valence-corrected chi connectivity index (χ1v) is 17.1. The molecule has 0 bridgehead atoms. The summed E-state index contributed by atoms with van der Waals surface area (Å²) in [5.74, 6) is -2.05. The summed E-state index contributed by atoms with van der Waals surface area (Å²) in [7, 11) is 0. The van der Waals surface area contributed by atoms with Crippen molar-refractivity contribution in [3.8, 4) is 0 Å². The highest BCUT2D eigenvalue weighted by Gasteiger charge is 2.26. The predicted octanol–water partition coefficient (Wildman–Crippen LogP) is 1.99. The zero-order valence-electron chi connectivity index (χ0n) is 31.0. The Labute approximate surface area is 287 Å². The molecular formula is C34H63N5O9. The number of carboxylic acid groups (broad SMARTS) is 1. The highest BCUT2D eigenvalue weighted by Crippen LogP contribution is 2.11. The van der Waals surface area contributed by atoms with Crippen molar-refractivity contribution in [3.63, 3.8) is 0 Å². The number of carbonyl (C=O) groups is 5. The Hall–Kier alpha value is -2.81. The normalized spacial score (nSPS) is 17.1. The largest absolute Gasteiger partial charge is 0.481 e. The molecule has 1 fully saturated rings. The minimum Gasteiger partial charge on any atom is -0.481 e. The van der Waals surface area contributed by atoms with E-state index in [1.165, 1.54) is 0 Å². The van der Waals surface area contributed by atoms with Crippen molar-refractivity contribution in [2.24, 2.45) is 0 Å². The highest BCUT2D eigenvalue weighted by atomic mass is 16.6. The minimum absolute atomic E-state index is 0.0543. The number of hydrogen-bond donors (Lipinski definition) is 2. The highest BCUT2D eigenvalue weighted by molar-refractivity contribution is 5.78. The molecule has 278 valence electrons. The number of hydrogen-bond acceptors (Lipinski definition) is 12. The second-order valence-electron chi connectivity index (χ2n) is 15.4. The molecular weight excluding hydrogens is 622 g/mol. The van der Waals surface area contributed by atoms with Gasteiger partial charge in [0, 0.05) is 65.3 Å². The number of nitrogens with one attached hydrogen (secondary N) is 1. The molecule has 14 nitrogen and oxygen atoms in total. The fraction of sp³-hybridized carbons (Fsp3) is 0.853. The van der Waals surface area contributed by atoms with Crippen LogP contribution in [-0.4, -0.2) is 156 Å². The van der Waals surface area contributed by atoms with E-state index in [1.807, 2.05) is 81.9 Å². The summed E-state index contributed by atoms with van der Waals surface area (Å²) in [5, 5.41) is 11.7. The number of esters is 3. The second-order valence-corrected chi connectivity index (χ2v) is 15.4. The number of ether oxygens (including phenoxy) is 3. The van der Waals surface area contributed by atoms with Crippen LogP contribution in [0.3, 0.4) is 0 Å². The summed E-state index contributed by atoms with van der Waals surface area (Å²) in [4.78, 5) is 70.1. The zero-order chi connectivity index (χ0) is 36.5. The molecule has 0 aromatic rings. The lowest BCUT2D eigenvalue weighted by Crippen LogP contribution is -2.50. The Balaban J connectivity index is 3.13. The van der Waals surface area contributed by atoms with Crippen LogP contribution in [0.4, 0.5) is 0 Å². The van der Waals surface area contributed by atoms with Gasteiger partial charge in [-0.25, -0.2) is 0 Å². The SMILES string of the molecule is CC(C)(C)OC(=O)CN1CCN(CC(=O)NCCCCCC(=O)O)CCN(CC(=O)OC(C)(C)C)CCN(CC(=O)OC(C)(C)C)CC1. The number of aliphatic carboxylic acids is 1. The number of carbonyl (C=O) groups excluding carboxylic acids is 4. The maximum atomic E-state index is 12.9.